The normalized spacial score (nSPS) is 13.8. The quantitative estimate of drug-likeness (QED) is 0.652. The second kappa shape index (κ2) is 9.85. The van der Waals surface area contributed by atoms with Crippen molar-refractivity contribution in [2.75, 3.05) is 13.7 Å². The molecule has 0 bridgehead atoms. The predicted molar refractivity (Wildman–Crippen MR) is 113 cm³/mol. The van der Waals surface area contributed by atoms with Crippen molar-refractivity contribution in [3.8, 4) is 0 Å². The van der Waals surface area contributed by atoms with E-state index < -0.39 is 5.54 Å². The number of methoxy groups -OCH3 is 1. The molecule has 0 saturated heterocycles. The minimum Gasteiger partial charge on any atom is -0.465 e. The third-order valence-electron chi connectivity index (χ3n) is 5.35. The molecule has 0 aliphatic carbocycles. The summed E-state index contributed by atoms with van der Waals surface area (Å²) >= 11 is 0. The van der Waals surface area contributed by atoms with Crippen molar-refractivity contribution in [3.63, 3.8) is 0 Å². The van der Waals surface area contributed by atoms with Crippen LogP contribution in [0.5, 0.6) is 0 Å². The van der Waals surface area contributed by atoms with E-state index in [0.717, 1.165) is 24.0 Å². The second-order valence-electron chi connectivity index (χ2n) is 7.84. The Kier molecular flexibility index (Phi) is 7.78. The molecular formula is C24H33NO3. The highest BCUT2D eigenvalue weighted by molar-refractivity contribution is 5.89. The summed E-state index contributed by atoms with van der Waals surface area (Å²) in [5, 5.41) is 10.6. The first-order valence-electron chi connectivity index (χ1n) is 9.97. The van der Waals surface area contributed by atoms with Gasteiger partial charge in [0.15, 0.2) is 0 Å². The summed E-state index contributed by atoms with van der Waals surface area (Å²) in [4.78, 5) is 14.3. The minimum absolute atomic E-state index is 0.0318. The van der Waals surface area contributed by atoms with E-state index in [1.165, 1.54) is 7.11 Å². The van der Waals surface area contributed by atoms with Gasteiger partial charge < -0.3 is 9.84 Å². The van der Waals surface area contributed by atoms with Crippen molar-refractivity contribution in [3.05, 3.63) is 71.3 Å². The van der Waals surface area contributed by atoms with Gasteiger partial charge in [-0.3, -0.25) is 4.90 Å². The molecule has 0 fully saturated rings. The maximum Gasteiger partial charge on any atom is 0.337 e. The van der Waals surface area contributed by atoms with Gasteiger partial charge in [-0.1, -0.05) is 42.5 Å². The number of aliphatic hydroxyl groups excluding tert-OH is 1. The Bertz CT molecular complexity index is 749. The Morgan fingerprint density at radius 1 is 1.04 bits per heavy atom. The largest absolute Gasteiger partial charge is 0.465 e. The maximum absolute atomic E-state index is 11.9. The summed E-state index contributed by atoms with van der Waals surface area (Å²) in [6.07, 6.45) is 1.49. The molecule has 2 rings (SSSR count). The molecule has 0 saturated carbocycles. The van der Waals surface area contributed by atoms with Crippen LogP contribution in [0.25, 0.3) is 0 Å². The van der Waals surface area contributed by atoms with Gasteiger partial charge in [0.2, 0.25) is 0 Å². The van der Waals surface area contributed by atoms with Crippen LogP contribution in [0.4, 0.5) is 0 Å². The van der Waals surface area contributed by atoms with E-state index in [4.69, 9.17) is 4.74 Å². The molecule has 1 N–H and O–H groups in total. The molecule has 1 atom stereocenters. The standard InChI is InChI=1S/C24H33NO3/c1-18(2)25(19(3)4)24(17-26,22-12-7-6-8-13-22)15-14-20-10-9-11-21(16-20)23(27)28-5/h6-13,16,18-19,26H,14-15,17H2,1-5H3. The Balaban J connectivity index is 2.42. The van der Waals surface area contributed by atoms with Gasteiger partial charge in [0.1, 0.15) is 0 Å². The first-order valence-corrected chi connectivity index (χ1v) is 9.97. The van der Waals surface area contributed by atoms with Crippen LogP contribution in [0.3, 0.4) is 0 Å². The summed E-state index contributed by atoms with van der Waals surface area (Å²) in [7, 11) is 1.39. The highest BCUT2D eigenvalue weighted by Gasteiger charge is 2.40. The molecule has 0 aliphatic rings. The van der Waals surface area contributed by atoms with Crippen LogP contribution in [-0.4, -0.2) is 41.8 Å². The van der Waals surface area contributed by atoms with Crippen molar-refractivity contribution >= 4 is 5.97 Å². The summed E-state index contributed by atoms with van der Waals surface area (Å²) < 4.78 is 4.84. The van der Waals surface area contributed by atoms with Crippen molar-refractivity contribution in [1.82, 2.24) is 4.90 Å². The summed E-state index contributed by atoms with van der Waals surface area (Å²) in [6, 6.07) is 18.3. The van der Waals surface area contributed by atoms with E-state index in [0.29, 0.717) is 5.56 Å². The number of carbonyl (C=O) groups excluding carboxylic acids is 1. The van der Waals surface area contributed by atoms with E-state index in [1.54, 1.807) is 6.07 Å². The highest BCUT2D eigenvalue weighted by Crippen LogP contribution is 2.36. The molecule has 1 unspecified atom stereocenters. The average molecular weight is 384 g/mol. The van der Waals surface area contributed by atoms with Crippen LogP contribution in [0.1, 0.15) is 55.6 Å². The molecule has 0 amide bonds. The van der Waals surface area contributed by atoms with Crippen molar-refractivity contribution in [2.24, 2.45) is 0 Å². The molecule has 152 valence electrons. The van der Waals surface area contributed by atoms with E-state index >= 15 is 0 Å². The molecule has 4 nitrogen and oxygen atoms in total. The van der Waals surface area contributed by atoms with Crippen LogP contribution < -0.4 is 0 Å². The van der Waals surface area contributed by atoms with Gasteiger partial charge in [-0.25, -0.2) is 4.79 Å². The molecule has 28 heavy (non-hydrogen) atoms. The summed E-state index contributed by atoms with van der Waals surface area (Å²) in [5.41, 5.74) is 2.23. The van der Waals surface area contributed by atoms with Gasteiger partial charge in [0, 0.05) is 12.1 Å². The topological polar surface area (TPSA) is 49.8 Å². The van der Waals surface area contributed by atoms with Crippen LogP contribution in [0, 0.1) is 0 Å². The first-order chi connectivity index (χ1) is 13.4. The van der Waals surface area contributed by atoms with Gasteiger partial charge in [-0.15, -0.1) is 0 Å². The van der Waals surface area contributed by atoms with Crippen LogP contribution in [-0.2, 0) is 16.7 Å². The Labute approximate surface area is 169 Å². The zero-order chi connectivity index (χ0) is 20.7. The number of carbonyl (C=O) groups is 1. The third kappa shape index (κ3) is 4.81. The highest BCUT2D eigenvalue weighted by atomic mass is 16.5. The number of ether oxygens (including phenoxy) is 1. The van der Waals surface area contributed by atoms with Gasteiger partial charge >= 0.3 is 5.97 Å². The van der Waals surface area contributed by atoms with Crippen molar-refractivity contribution < 1.29 is 14.6 Å². The number of esters is 1. The lowest BCUT2D eigenvalue weighted by Crippen LogP contribution is -2.55. The van der Waals surface area contributed by atoms with Crippen LogP contribution in [0.15, 0.2) is 54.6 Å². The van der Waals surface area contributed by atoms with Crippen molar-refractivity contribution in [1.29, 1.82) is 0 Å². The molecule has 4 heteroatoms. The van der Waals surface area contributed by atoms with Crippen molar-refractivity contribution in [2.45, 2.75) is 58.2 Å². The lowest BCUT2D eigenvalue weighted by atomic mass is 9.81. The zero-order valence-corrected chi connectivity index (χ0v) is 17.7. The first kappa shape index (κ1) is 22.1. The maximum atomic E-state index is 11.9. The third-order valence-corrected chi connectivity index (χ3v) is 5.35. The fourth-order valence-electron chi connectivity index (χ4n) is 4.33. The van der Waals surface area contributed by atoms with Gasteiger partial charge in [-0.2, -0.15) is 0 Å². The second-order valence-corrected chi connectivity index (χ2v) is 7.84. The summed E-state index contributed by atoms with van der Waals surface area (Å²) in [5.74, 6) is -0.329. The average Bonchev–Trinajstić information content (AvgIpc) is 2.70. The molecule has 0 aliphatic heterocycles. The number of rotatable bonds is 9. The Hall–Kier alpha value is -2.17. The lowest BCUT2D eigenvalue weighted by molar-refractivity contribution is -0.0259. The Morgan fingerprint density at radius 3 is 2.21 bits per heavy atom. The number of aliphatic hydroxyl groups is 1. The molecule has 0 aromatic heterocycles. The molecule has 0 spiro atoms. The van der Waals surface area contributed by atoms with Crippen LogP contribution in [0.2, 0.25) is 0 Å². The molecule has 0 radical (unpaired) electrons. The lowest BCUT2D eigenvalue weighted by Gasteiger charge is -2.48. The SMILES string of the molecule is COC(=O)c1cccc(CCC(CO)(c2ccccc2)N(C(C)C)C(C)C)c1. The number of benzene rings is 2. The number of nitrogens with zero attached hydrogens (tertiary/aromatic N) is 1. The fraction of sp³-hybridized carbons (Fsp3) is 0.458. The van der Waals surface area contributed by atoms with E-state index in [-0.39, 0.29) is 24.7 Å². The van der Waals surface area contributed by atoms with E-state index in [9.17, 15) is 9.90 Å². The smallest absolute Gasteiger partial charge is 0.337 e. The van der Waals surface area contributed by atoms with Gasteiger partial charge in [-0.05, 0) is 63.8 Å². The molecule has 0 heterocycles. The minimum atomic E-state index is -0.495. The number of aryl methyl sites for hydroxylation is 1. The monoisotopic (exact) mass is 383 g/mol. The van der Waals surface area contributed by atoms with E-state index in [1.807, 2.05) is 36.4 Å². The molecule has 2 aromatic rings. The Morgan fingerprint density at radius 2 is 1.68 bits per heavy atom. The number of hydrogen-bond donors (Lipinski definition) is 1. The number of hydrogen-bond acceptors (Lipinski definition) is 4. The van der Waals surface area contributed by atoms with Gasteiger partial charge in [0.05, 0.1) is 24.8 Å². The van der Waals surface area contributed by atoms with E-state index in [2.05, 4.69) is 44.7 Å². The van der Waals surface area contributed by atoms with Gasteiger partial charge in [0.25, 0.3) is 0 Å². The zero-order valence-electron chi connectivity index (χ0n) is 17.7. The molecule has 2 aromatic carbocycles. The van der Waals surface area contributed by atoms with Crippen LogP contribution >= 0.6 is 0 Å². The fourth-order valence-corrected chi connectivity index (χ4v) is 4.33. The predicted octanol–water partition coefficient (Wildman–Crippen LogP) is 4.41. The summed E-state index contributed by atoms with van der Waals surface area (Å²) in [6.45, 7) is 8.72. The molecular weight excluding hydrogens is 350 g/mol.